The first kappa shape index (κ1) is 18.8. The quantitative estimate of drug-likeness (QED) is 0.772. The Hall–Kier alpha value is -2.94. The van der Waals surface area contributed by atoms with E-state index < -0.39 is 17.6 Å². The highest BCUT2D eigenvalue weighted by atomic mass is 79.9. The zero-order chi connectivity index (χ0) is 19.6. The average Bonchev–Trinajstić information content (AvgIpc) is 2.60. The number of carbonyl (C=O) groups is 3. The molecule has 2 N–H and O–H groups in total. The van der Waals surface area contributed by atoms with Gasteiger partial charge in [-0.05, 0) is 36.4 Å². The number of anilines is 3. The van der Waals surface area contributed by atoms with Crippen LogP contribution in [-0.4, -0.2) is 30.9 Å². The Bertz CT molecular complexity index is 935. The van der Waals surface area contributed by atoms with Crippen LogP contribution in [0.2, 0.25) is 0 Å². The van der Waals surface area contributed by atoms with Crippen LogP contribution in [0.3, 0.4) is 0 Å². The van der Waals surface area contributed by atoms with Crippen LogP contribution >= 0.6 is 15.9 Å². The number of nitrogens with zero attached hydrogens (tertiary/aromatic N) is 1. The number of ether oxygens (including phenoxy) is 1. The predicted octanol–water partition coefficient (Wildman–Crippen LogP) is 2.91. The van der Waals surface area contributed by atoms with Gasteiger partial charge in [0.25, 0.3) is 5.91 Å². The predicted molar refractivity (Wildman–Crippen MR) is 101 cm³/mol. The van der Waals surface area contributed by atoms with Crippen molar-refractivity contribution in [2.75, 3.05) is 28.7 Å². The minimum absolute atomic E-state index is 0.0436. The first-order valence-corrected chi connectivity index (χ1v) is 8.72. The van der Waals surface area contributed by atoms with Crippen molar-refractivity contribution >= 4 is 50.7 Å². The third-order valence-corrected chi connectivity index (χ3v) is 4.22. The SMILES string of the molecule is CC(=O)Nc1cc(NC(=O)CN2C(=O)COc3cc(Br)ccc32)ccc1F. The van der Waals surface area contributed by atoms with E-state index in [0.29, 0.717) is 17.1 Å². The minimum Gasteiger partial charge on any atom is -0.482 e. The van der Waals surface area contributed by atoms with Crippen LogP contribution in [0.4, 0.5) is 21.5 Å². The average molecular weight is 436 g/mol. The first-order valence-electron chi connectivity index (χ1n) is 7.93. The Kier molecular flexibility index (Phi) is 5.41. The molecule has 0 aliphatic carbocycles. The highest BCUT2D eigenvalue weighted by Gasteiger charge is 2.27. The van der Waals surface area contributed by atoms with Crippen molar-refractivity contribution in [1.29, 1.82) is 0 Å². The first-order chi connectivity index (χ1) is 12.8. The van der Waals surface area contributed by atoms with Gasteiger partial charge in [0.2, 0.25) is 11.8 Å². The summed E-state index contributed by atoms with van der Waals surface area (Å²) in [5, 5.41) is 4.93. The summed E-state index contributed by atoms with van der Waals surface area (Å²) in [5.74, 6) is -1.38. The van der Waals surface area contributed by atoms with Gasteiger partial charge in [0.15, 0.2) is 6.61 Å². The maximum atomic E-state index is 13.7. The summed E-state index contributed by atoms with van der Waals surface area (Å²) < 4.78 is 19.9. The van der Waals surface area contributed by atoms with E-state index in [0.717, 1.165) is 10.5 Å². The number of halogens is 2. The summed E-state index contributed by atoms with van der Waals surface area (Å²) in [4.78, 5) is 37.0. The lowest BCUT2D eigenvalue weighted by molar-refractivity contribution is -0.123. The third-order valence-electron chi connectivity index (χ3n) is 3.73. The molecule has 0 fully saturated rings. The molecule has 0 spiro atoms. The smallest absolute Gasteiger partial charge is 0.265 e. The van der Waals surface area contributed by atoms with Gasteiger partial charge in [0, 0.05) is 17.1 Å². The van der Waals surface area contributed by atoms with Crippen LogP contribution in [0.25, 0.3) is 0 Å². The van der Waals surface area contributed by atoms with E-state index in [1.807, 2.05) is 0 Å². The number of hydrogen-bond acceptors (Lipinski definition) is 4. The van der Waals surface area contributed by atoms with Gasteiger partial charge in [0.1, 0.15) is 18.1 Å². The zero-order valence-corrected chi connectivity index (χ0v) is 15.8. The van der Waals surface area contributed by atoms with Gasteiger partial charge in [0.05, 0.1) is 11.4 Å². The summed E-state index contributed by atoms with van der Waals surface area (Å²) in [6, 6.07) is 8.94. The topological polar surface area (TPSA) is 87.7 Å². The molecule has 1 aliphatic rings. The van der Waals surface area contributed by atoms with Crippen LogP contribution in [0.1, 0.15) is 6.92 Å². The van der Waals surface area contributed by atoms with Crippen molar-refractivity contribution in [1.82, 2.24) is 0 Å². The van der Waals surface area contributed by atoms with Gasteiger partial charge in [-0.1, -0.05) is 15.9 Å². The Morgan fingerprint density at radius 3 is 2.74 bits per heavy atom. The summed E-state index contributed by atoms with van der Waals surface area (Å²) in [6.45, 7) is 0.855. The molecule has 27 heavy (non-hydrogen) atoms. The molecule has 0 saturated carbocycles. The minimum atomic E-state index is -0.619. The molecule has 140 valence electrons. The molecule has 2 aromatic rings. The molecule has 3 rings (SSSR count). The second kappa shape index (κ2) is 7.75. The molecule has 1 heterocycles. The van der Waals surface area contributed by atoms with Crippen molar-refractivity contribution in [2.24, 2.45) is 0 Å². The molecule has 1 aliphatic heterocycles. The van der Waals surface area contributed by atoms with Crippen molar-refractivity contribution in [3.63, 3.8) is 0 Å². The fraction of sp³-hybridized carbons (Fsp3) is 0.167. The van der Waals surface area contributed by atoms with E-state index >= 15 is 0 Å². The zero-order valence-electron chi connectivity index (χ0n) is 14.2. The Balaban J connectivity index is 1.75. The third kappa shape index (κ3) is 4.43. The molecule has 2 aromatic carbocycles. The van der Waals surface area contributed by atoms with Gasteiger partial charge in [-0.15, -0.1) is 0 Å². The second-order valence-electron chi connectivity index (χ2n) is 5.80. The van der Waals surface area contributed by atoms with Gasteiger partial charge in [-0.25, -0.2) is 4.39 Å². The van der Waals surface area contributed by atoms with E-state index in [9.17, 15) is 18.8 Å². The molecule has 0 unspecified atom stereocenters. The van der Waals surface area contributed by atoms with Crippen LogP contribution < -0.4 is 20.3 Å². The second-order valence-corrected chi connectivity index (χ2v) is 6.72. The van der Waals surface area contributed by atoms with Crippen LogP contribution in [-0.2, 0) is 14.4 Å². The number of carbonyl (C=O) groups excluding carboxylic acids is 3. The molecule has 0 bridgehead atoms. The number of amides is 3. The number of nitrogens with one attached hydrogen (secondary N) is 2. The lowest BCUT2D eigenvalue weighted by Crippen LogP contribution is -2.43. The maximum Gasteiger partial charge on any atom is 0.265 e. The van der Waals surface area contributed by atoms with Gasteiger partial charge in [-0.2, -0.15) is 0 Å². The highest BCUT2D eigenvalue weighted by molar-refractivity contribution is 9.10. The standard InChI is InChI=1S/C18H15BrFN3O4/c1-10(24)21-14-7-12(3-4-13(14)20)22-17(25)8-23-15-5-2-11(19)6-16(15)27-9-18(23)26/h2-7H,8-9H2,1H3,(H,21,24)(H,22,25). The van der Waals surface area contributed by atoms with Crippen molar-refractivity contribution in [3.8, 4) is 5.75 Å². The fourth-order valence-electron chi connectivity index (χ4n) is 2.58. The Labute approximate surface area is 162 Å². The molecule has 9 heteroatoms. The van der Waals surface area contributed by atoms with Crippen LogP contribution in [0, 0.1) is 5.82 Å². The fourth-order valence-corrected chi connectivity index (χ4v) is 2.92. The number of rotatable bonds is 4. The molecular formula is C18H15BrFN3O4. The largest absolute Gasteiger partial charge is 0.482 e. The van der Waals surface area contributed by atoms with Crippen molar-refractivity contribution in [3.05, 3.63) is 46.7 Å². The van der Waals surface area contributed by atoms with E-state index in [1.165, 1.54) is 24.0 Å². The van der Waals surface area contributed by atoms with E-state index in [2.05, 4.69) is 26.6 Å². The Morgan fingerprint density at radius 2 is 2.00 bits per heavy atom. The number of benzene rings is 2. The van der Waals surface area contributed by atoms with E-state index in [-0.39, 0.29) is 24.7 Å². The van der Waals surface area contributed by atoms with Crippen LogP contribution in [0.15, 0.2) is 40.9 Å². The molecule has 3 amide bonds. The summed E-state index contributed by atoms with van der Waals surface area (Å²) >= 11 is 3.33. The van der Waals surface area contributed by atoms with Gasteiger partial charge < -0.3 is 15.4 Å². The normalized spacial score (nSPS) is 12.9. The van der Waals surface area contributed by atoms with Crippen LogP contribution in [0.5, 0.6) is 5.75 Å². The van der Waals surface area contributed by atoms with Gasteiger partial charge in [-0.3, -0.25) is 19.3 Å². The Morgan fingerprint density at radius 1 is 1.22 bits per heavy atom. The van der Waals surface area contributed by atoms with Crippen molar-refractivity contribution in [2.45, 2.75) is 6.92 Å². The molecule has 0 radical (unpaired) electrons. The summed E-state index contributed by atoms with van der Waals surface area (Å²) in [6.07, 6.45) is 0. The monoisotopic (exact) mass is 435 g/mol. The molecule has 7 nitrogen and oxygen atoms in total. The molecule has 0 saturated heterocycles. The lowest BCUT2D eigenvalue weighted by atomic mass is 10.2. The molecule has 0 atom stereocenters. The maximum absolute atomic E-state index is 13.7. The summed E-state index contributed by atoms with van der Waals surface area (Å²) in [5.41, 5.74) is 0.738. The summed E-state index contributed by atoms with van der Waals surface area (Å²) in [7, 11) is 0. The molecule has 0 aromatic heterocycles. The van der Waals surface area contributed by atoms with E-state index in [1.54, 1.807) is 18.2 Å². The number of fused-ring (bicyclic) bond motifs is 1. The van der Waals surface area contributed by atoms with Gasteiger partial charge >= 0.3 is 0 Å². The van der Waals surface area contributed by atoms with Crippen molar-refractivity contribution < 1.29 is 23.5 Å². The molecular weight excluding hydrogens is 421 g/mol. The lowest BCUT2D eigenvalue weighted by Gasteiger charge is -2.29. The highest BCUT2D eigenvalue weighted by Crippen LogP contribution is 2.34. The number of hydrogen-bond donors (Lipinski definition) is 2. The van der Waals surface area contributed by atoms with E-state index in [4.69, 9.17) is 4.74 Å².